The summed E-state index contributed by atoms with van der Waals surface area (Å²) in [7, 11) is 0. The Morgan fingerprint density at radius 3 is 2.57 bits per heavy atom. The standard InChI is InChI=1S/C4H9O2.Sn.H/c1-2-6-4-3-5;;/h2-4H2,1H3;;/q-1;+1;. The fraction of sp³-hybridized carbons (Fsp3) is 1.00. The van der Waals surface area contributed by atoms with Crippen LogP contribution in [0.25, 0.3) is 0 Å². The molecule has 0 saturated carbocycles. The summed E-state index contributed by atoms with van der Waals surface area (Å²) in [4.78, 5) is 0. The summed E-state index contributed by atoms with van der Waals surface area (Å²) in [5.74, 6) is 0. The molecule has 0 rings (SSSR count). The van der Waals surface area contributed by atoms with Crippen molar-refractivity contribution in [3.05, 3.63) is 0 Å². The van der Waals surface area contributed by atoms with Gasteiger partial charge in [-0.25, -0.2) is 0 Å². The summed E-state index contributed by atoms with van der Waals surface area (Å²) in [6, 6.07) is 0. The first kappa shape index (κ1) is 7.72. The monoisotopic (exact) mass is 210 g/mol. The summed E-state index contributed by atoms with van der Waals surface area (Å²) in [5.41, 5.74) is 0. The third kappa shape index (κ3) is 6.72. The van der Waals surface area contributed by atoms with Crippen molar-refractivity contribution in [3.8, 4) is 0 Å². The van der Waals surface area contributed by atoms with Crippen LogP contribution in [0, 0.1) is 0 Å². The van der Waals surface area contributed by atoms with Crippen molar-refractivity contribution < 1.29 is 7.81 Å². The maximum absolute atomic E-state index is 4.97. The Bertz CT molecular complexity index is 28.9. The van der Waals surface area contributed by atoms with E-state index >= 15 is 0 Å². The second-order valence-corrected chi connectivity index (χ2v) is 2.02. The van der Waals surface area contributed by atoms with Crippen molar-refractivity contribution in [2.45, 2.75) is 6.92 Å². The van der Waals surface area contributed by atoms with Gasteiger partial charge in [0.15, 0.2) is 0 Å². The first-order valence-electron chi connectivity index (χ1n) is 2.31. The zero-order chi connectivity index (χ0) is 5.54. The minimum absolute atomic E-state index is 0.748. The number of hydrogen-bond acceptors (Lipinski definition) is 2. The van der Waals surface area contributed by atoms with E-state index in [0.29, 0.717) is 0 Å². The van der Waals surface area contributed by atoms with E-state index in [2.05, 4.69) is 0 Å². The van der Waals surface area contributed by atoms with Crippen LogP contribution in [0.3, 0.4) is 0 Å². The van der Waals surface area contributed by atoms with Gasteiger partial charge in [0.2, 0.25) is 0 Å². The zero-order valence-electron chi connectivity index (χ0n) is 4.52. The predicted octanol–water partition coefficient (Wildman–Crippen LogP) is -0.145. The van der Waals surface area contributed by atoms with Crippen LogP contribution >= 0.6 is 0 Å². The summed E-state index contributed by atoms with van der Waals surface area (Å²) >= 11 is 0.880. The van der Waals surface area contributed by atoms with Gasteiger partial charge in [-0.1, -0.05) is 0 Å². The topological polar surface area (TPSA) is 18.5 Å². The second-order valence-electron chi connectivity index (χ2n) is 1.07. The molecule has 2 radical (unpaired) electrons. The molecule has 0 bridgehead atoms. The molecule has 0 heterocycles. The fourth-order valence-electron chi connectivity index (χ4n) is 0.251. The average Bonchev–Trinajstić information content (AvgIpc) is 1.69. The molecule has 7 heavy (non-hydrogen) atoms. The molecule has 0 atom stereocenters. The van der Waals surface area contributed by atoms with E-state index in [0.717, 1.165) is 42.8 Å². The van der Waals surface area contributed by atoms with Gasteiger partial charge in [-0.15, -0.1) is 0 Å². The van der Waals surface area contributed by atoms with Gasteiger partial charge in [0, 0.05) is 0 Å². The first-order chi connectivity index (χ1) is 3.41. The molecular formula is C4H10O2Sn. The van der Waals surface area contributed by atoms with E-state index in [1.54, 1.807) is 0 Å². The quantitative estimate of drug-likeness (QED) is 0.473. The van der Waals surface area contributed by atoms with Crippen molar-refractivity contribution in [3.63, 3.8) is 0 Å². The van der Waals surface area contributed by atoms with Crippen LogP contribution in [-0.2, 0) is 7.81 Å². The summed E-state index contributed by atoms with van der Waals surface area (Å²) < 4.78 is 9.82. The van der Waals surface area contributed by atoms with Gasteiger partial charge in [-0.3, -0.25) is 0 Å². The van der Waals surface area contributed by atoms with Gasteiger partial charge < -0.3 is 0 Å². The third-order valence-corrected chi connectivity index (χ3v) is 1.22. The Balaban J connectivity index is 2.45. The molecule has 0 aliphatic carbocycles. The fourth-order valence-corrected chi connectivity index (χ4v) is 0.526. The van der Waals surface area contributed by atoms with Crippen LogP contribution < -0.4 is 0 Å². The molecule has 0 saturated heterocycles. The van der Waals surface area contributed by atoms with Gasteiger partial charge in [0.05, 0.1) is 0 Å². The number of hydrogen-bond donors (Lipinski definition) is 0. The normalized spacial score (nSPS) is 9.43. The Kier molecular flexibility index (Phi) is 7.41. The molecule has 0 N–H and O–H groups in total. The van der Waals surface area contributed by atoms with E-state index in [4.69, 9.17) is 7.81 Å². The van der Waals surface area contributed by atoms with Crippen molar-refractivity contribution in [1.82, 2.24) is 0 Å². The molecule has 0 spiro atoms. The predicted molar refractivity (Wildman–Crippen MR) is 29.6 cm³/mol. The first-order valence-corrected chi connectivity index (χ1v) is 3.65. The van der Waals surface area contributed by atoms with Gasteiger partial charge >= 0.3 is 57.5 Å². The molecule has 0 fully saturated rings. The maximum atomic E-state index is 4.97. The summed E-state index contributed by atoms with van der Waals surface area (Å²) in [5, 5.41) is 0. The summed E-state index contributed by atoms with van der Waals surface area (Å²) in [6.07, 6.45) is 0. The SMILES string of the molecule is CCOCC[O][SnH]. The van der Waals surface area contributed by atoms with E-state index in [1.165, 1.54) is 0 Å². The molecule has 42 valence electrons. The molecule has 0 aliphatic rings. The van der Waals surface area contributed by atoms with Crippen LogP contribution in [0.5, 0.6) is 0 Å². The van der Waals surface area contributed by atoms with Crippen molar-refractivity contribution in [2.24, 2.45) is 0 Å². The molecule has 0 aliphatic heterocycles. The van der Waals surface area contributed by atoms with Crippen molar-refractivity contribution >= 4 is 22.9 Å². The van der Waals surface area contributed by atoms with E-state index in [1.807, 2.05) is 6.92 Å². The minimum atomic E-state index is 0.748. The molecule has 0 amide bonds. The Morgan fingerprint density at radius 1 is 1.43 bits per heavy atom. The van der Waals surface area contributed by atoms with Gasteiger partial charge in [0.25, 0.3) is 0 Å². The molecule has 0 aromatic carbocycles. The van der Waals surface area contributed by atoms with Crippen LogP contribution in [0.2, 0.25) is 0 Å². The van der Waals surface area contributed by atoms with Crippen molar-refractivity contribution in [1.29, 1.82) is 0 Å². The molecule has 0 aromatic heterocycles. The average molecular weight is 209 g/mol. The Hall–Kier alpha value is 0.719. The van der Waals surface area contributed by atoms with Gasteiger partial charge in [-0.2, -0.15) is 0 Å². The van der Waals surface area contributed by atoms with E-state index in [9.17, 15) is 0 Å². The van der Waals surface area contributed by atoms with E-state index in [-0.39, 0.29) is 0 Å². The van der Waals surface area contributed by atoms with E-state index < -0.39 is 0 Å². The third-order valence-electron chi connectivity index (χ3n) is 0.550. The van der Waals surface area contributed by atoms with Crippen LogP contribution in [0.15, 0.2) is 0 Å². The second kappa shape index (κ2) is 6.72. The van der Waals surface area contributed by atoms with Crippen molar-refractivity contribution in [2.75, 3.05) is 19.8 Å². The molecule has 3 heteroatoms. The van der Waals surface area contributed by atoms with Crippen LogP contribution in [-0.4, -0.2) is 42.8 Å². The molecule has 0 unspecified atom stereocenters. The molecular weight excluding hydrogens is 199 g/mol. The summed E-state index contributed by atoms with van der Waals surface area (Å²) in [6.45, 7) is 4.28. The van der Waals surface area contributed by atoms with Gasteiger partial charge in [0.1, 0.15) is 0 Å². The molecule has 2 nitrogen and oxygen atoms in total. The van der Waals surface area contributed by atoms with Crippen LogP contribution in [0.4, 0.5) is 0 Å². The van der Waals surface area contributed by atoms with Gasteiger partial charge in [-0.05, 0) is 0 Å². The van der Waals surface area contributed by atoms with Crippen LogP contribution in [0.1, 0.15) is 6.92 Å². The Labute approximate surface area is 57.8 Å². The number of rotatable bonds is 4. The molecule has 0 aromatic rings. The Morgan fingerprint density at radius 2 is 2.14 bits per heavy atom. The zero-order valence-corrected chi connectivity index (χ0v) is 7.81. The number of ether oxygens (including phenoxy) is 1.